The van der Waals surface area contributed by atoms with Gasteiger partial charge in [0.15, 0.2) is 22.5 Å². The van der Waals surface area contributed by atoms with Gasteiger partial charge in [-0.2, -0.15) is 4.68 Å². The summed E-state index contributed by atoms with van der Waals surface area (Å²) >= 11 is 1.28. The Balaban J connectivity index is 2.12. The second-order valence-electron chi connectivity index (χ2n) is 4.94. The Morgan fingerprint density at radius 2 is 2.05 bits per heavy atom. The SMILES string of the molecule is CSc1nc2c(nnn2[C@@H]2OC[C@@H](O)[C@@H](O)[C@H]2O)c(=O)n1C. The van der Waals surface area contributed by atoms with Gasteiger partial charge in [-0.3, -0.25) is 9.36 Å². The Kier molecular flexibility index (Phi) is 3.91. The Hall–Kier alpha value is -1.53. The summed E-state index contributed by atoms with van der Waals surface area (Å²) in [6.45, 7) is -0.176. The van der Waals surface area contributed by atoms with Gasteiger partial charge in [0.1, 0.15) is 18.3 Å². The standard InChI is InChI=1S/C11H15N5O5S/c1-15-9(20)5-8(12-11(15)22-2)16(14-13-5)10-7(19)6(18)4(17)3-21-10/h4,6-7,10,17-19H,3H2,1-2H3/t4-,6-,7-,10-/m1/s1. The highest BCUT2D eigenvalue weighted by molar-refractivity contribution is 7.98. The monoisotopic (exact) mass is 329 g/mol. The van der Waals surface area contributed by atoms with E-state index in [1.165, 1.54) is 16.3 Å². The third-order valence-electron chi connectivity index (χ3n) is 3.56. The summed E-state index contributed by atoms with van der Waals surface area (Å²) in [5, 5.41) is 37.3. The molecule has 1 fully saturated rings. The van der Waals surface area contributed by atoms with Gasteiger partial charge in [-0.05, 0) is 6.26 Å². The molecule has 3 rings (SSSR count). The summed E-state index contributed by atoms with van der Waals surface area (Å²) in [7, 11) is 1.58. The molecule has 11 heteroatoms. The van der Waals surface area contributed by atoms with Crippen molar-refractivity contribution in [2.75, 3.05) is 12.9 Å². The largest absolute Gasteiger partial charge is 0.388 e. The van der Waals surface area contributed by atoms with Crippen LogP contribution in [0.4, 0.5) is 0 Å². The van der Waals surface area contributed by atoms with Gasteiger partial charge in [-0.1, -0.05) is 17.0 Å². The summed E-state index contributed by atoms with van der Waals surface area (Å²) in [6.07, 6.45) is -3.31. The van der Waals surface area contributed by atoms with E-state index >= 15 is 0 Å². The van der Waals surface area contributed by atoms with E-state index in [0.29, 0.717) is 5.16 Å². The molecule has 0 bridgehead atoms. The lowest BCUT2D eigenvalue weighted by atomic mass is 10.0. The van der Waals surface area contributed by atoms with Crippen LogP contribution < -0.4 is 5.56 Å². The fourth-order valence-electron chi connectivity index (χ4n) is 2.30. The lowest BCUT2D eigenvalue weighted by Gasteiger charge is -2.34. The maximum atomic E-state index is 12.2. The summed E-state index contributed by atoms with van der Waals surface area (Å²) in [5.41, 5.74) is -0.178. The van der Waals surface area contributed by atoms with Gasteiger partial charge < -0.3 is 20.1 Å². The zero-order valence-electron chi connectivity index (χ0n) is 11.8. The molecule has 3 heterocycles. The maximum Gasteiger partial charge on any atom is 0.284 e. The first-order valence-corrected chi connectivity index (χ1v) is 7.70. The number of hydrogen-bond acceptors (Lipinski definition) is 9. The summed E-state index contributed by atoms with van der Waals surface area (Å²) in [6, 6.07) is 0. The molecule has 1 aliphatic heterocycles. The second kappa shape index (κ2) is 5.59. The number of aliphatic hydroxyl groups excluding tert-OH is 3. The average molecular weight is 329 g/mol. The van der Waals surface area contributed by atoms with Crippen LogP contribution in [0.2, 0.25) is 0 Å². The molecule has 0 saturated carbocycles. The van der Waals surface area contributed by atoms with Gasteiger partial charge in [0.25, 0.3) is 5.56 Å². The molecule has 0 unspecified atom stereocenters. The van der Waals surface area contributed by atoms with E-state index in [1.807, 2.05) is 0 Å². The molecule has 0 aromatic carbocycles. The van der Waals surface area contributed by atoms with Crippen LogP contribution >= 0.6 is 11.8 Å². The van der Waals surface area contributed by atoms with Crippen LogP contribution in [0.3, 0.4) is 0 Å². The zero-order valence-corrected chi connectivity index (χ0v) is 12.6. The van der Waals surface area contributed by atoms with Crippen LogP contribution in [0.15, 0.2) is 9.95 Å². The molecule has 4 atom stereocenters. The fourth-order valence-corrected chi connectivity index (χ4v) is 2.84. The third-order valence-corrected chi connectivity index (χ3v) is 4.29. The van der Waals surface area contributed by atoms with Gasteiger partial charge in [0, 0.05) is 7.05 Å². The number of thioether (sulfide) groups is 1. The smallest absolute Gasteiger partial charge is 0.284 e. The van der Waals surface area contributed by atoms with Crippen molar-refractivity contribution in [1.82, 2.24) is 24.5 Å². The third kappa shape index (κ3) is 2.21. The lowest BCUT2D eigenvalue weighted by Crippen LogP contribution is -2.50. The van der Waals surface area contributed by atoms with E-state index in [4.69, 9.17) is 4.74 Å². The predicted octanol–water partition coefficient (Wildman–Crippen LogP) is -2.14. The van der Waals surface area contributed by atoms with Crippen molar-refractivity contribution in [3.8, 4) is 0 Å². The van der Waals surface area contributed by atoms with Crippen LogP contribution in [0, 0.1) is 0 Å². The first-order chi connectivity index (χ1) is 10.5. The topological polar surface area (TPSA) is 136 Å². The van der Waals surface area contributed by atoms with E-state index in [9.17, 15) is 20.1 Å². The quantitative estimate of drug-likeness (QED) is 0.416. The average Bonchev–Trinajstić information content (AvgIpc) is 2.92. The Labute approximate surface area is 128 Å². The number of aliphatic hydroxyl groups is 3. The molecule has 0 radical (unpaired) electrons. The van der Waals surface area contributed by atoms with Crippen LogP contribution in [-0.2, 0) is 11.8 Å². The normalized spacial score (nSPS) is 29.1. The Bertz CT molecular complexity index is 761. The minimum Gasteiger partial charge on any atom is -0.388 e. The molecule has 0 amide bonds. The summed E-state index contributed by atoms with van der Waals surface area (Å²) in [5.74, 6) is 0. The van der Waals surface area contributed by atoms with Crippen molar-refractivity contribution < 1.29 is 20.1 Å². The number of nitrogens with zero attached hydrogens (tertiary/aromatic N) is 5. The van der Waals surface area contributed by atoms with Crippen molar-refractivity contribution in [1.29, 1.82) is 0 Å². The molecule has 2 aromatic rings. The zero-order chi connectivity index (χ0) is 16.0. The summed E-state index contributed by atoms with van der Waals surface area (Å²) < 4.78 is 7.81. The van der Waals surface area contributed by atoms with Gasteiger partial charge in [-0.25, -0.2) is 4.98 Å². The molecular weight excluding hydrogens is 314 g/mol. The molecule has 0 aliphatic carbocycles. The molecule has 10 nitrogen and oxygen atoms in total. The minimum atomic E-state index is -1.42. The molecule has 120 valence electrons. The maximum absolute atomic E-state index is 12.2. The van der Waals surface area contributed by atoms with E-state index in [1.54, 1.807) is 13.3 Å². The van der Waals surface area contributed by atoms with E-state index < -0.39 is 24.5 Å². The molecule has 1 aliphatic rings. The van der Waals surface area contributed by atoms with Crippen LogP contribution in [0.5, 0.6) is 0 Å². The van der Waals surface area contributed by atoms with Crippen molar-refractivity contribution in [3.63, 3.8) is 0 Å². The van der Waals surface area contributed by atoms with E-state index in [2.05, 4.69) is 15.3 Å². The molecule has 2 aromatic heterocycles. The summed E-state index contributed by atoms with van der Waals surface area (Å²) in [4.78, 5) is 16.5. The molecule has 3 N–H and O–H groups in total. The fraction of sp³-hybridized carbons (Fsp3) is 0.636. The van der Waals surface area contributed by atoms with Crippen LogP contribution in [0.1, 0.15) is 6.23 Å². The van der Waals surface area contributed by atoms with Crippen molar-refractivity contribution >= 4 is 22.9 Å². The van der Waals surface area contributed by atoms with Crippen LogP contribution in [0.25, 0.3) is 11.2 Å². The van der Waals surface area contributed by atoms with E-state index in [-0.39, 0.29) is 23.3 Å². The number of ether oxygens (including phenoxy) is 1. The first kappa shape index (κ1) is 15.4. The van der Waals surface area contributed by atoms with E-state index in [0.717, 1.165) is 4.68 Å². The number of rotatable bonds is 2. The highest BCUT2D eigenvalue weighted by atomic mass is 32.2. The Morgan fingerprint density at radius 1 is 1.32 bits per heavy atom. The van der Waals surface area contributed by atoms with Crippen molar-refractivity contribution in [2.24, 2.45) is 7.05 Å². The second-order valence-corrected chi connectivity index (χ2v) is 5.71. The highest BCUT2D eigenvalue weighted by Gasteiger charge is 2.40. The minimum absolute atomic E-state index is 0.0386. The van der Waals surface area contributed by atoms with Gasteiger partial charge in [0.2, 0.25) is 0 Å². The number of hydrogen-bond donors (Lipinski definition) is 3. The predicted molar refractivity (Wildman–Crippen MR) is 75.4 cm³/mol. The van der Waals surface area contributed by atoms with Crippen LogP contribution in [-0.4, -0.2) is 71.0 Å². The number of fused-ring (bicyclic) bond motifs is 1. The van der Waals surface area contributed by atoms with Gasteiger partial charge in [0.05, 0.1) is 6.61 Å². The Morgan fingerprint density at radius 3 is 2.73 bits per heavy atom. The molecular formula is C11H15N5O5S. The van der Waals surface area contributed by atoms with Crippen molar-refractivity contribution in [3.05, 3.63) is 10.4 Å². The highest BCUT2D eigenvalue weighted by Crippen LogP contribution is 2.25. The molecule has 22 heavy (non-hydrogen) atoms. The van der Waals surface area contributed by atoms with Gasteiger partial charge in [-0.15, -0.1) is 5.10 Å². The van der Waals surface area contributed by atoms with Crippen molar-refractivity contribution in [2.45, 2.75) is 29.7 Å². The molecule has 1 saturated heterocycles. The van der Waals surface area contributed by atoms with Gasteiger partial charge >= 0.3 is 0 Å². The first-order valence-electron chi connectivity index (χ1n) is 6.47. The lowest BCUT2D eigenvalue weighted by molar-refractivity contribution is -0.213. The number of aromatic nitrogens is 5. The molecule has 0 spiro atoms.